The molecule has 1 heterocycles. The van der Waals surface area contributed by atoms with Crippen molar-refractivity contribution >= 4 is 16.8 Å². The topological polar surface area (TPSA) is 38.3 Å². The first-order chi connectivity index (χ1) is 7.23. The molecular formula is C11H10ClNO2. The number of benzene rings is 1. The van der Waals surface area contributed by atoms with Gasteiger partial charge < -0.3 is 4.84 Å². The van der Waals surface area contributed by atoms with E-state index < -0.39 is 10.8 Å². The highest BCUT2D eigenvalue weighted by molar-refractivity contribution is 6.66. The van der Waals surface area contributed by atoms with Gasteiger partial charge in [0.15, 0.2) is 5.54 Å². The molecular weight excluding hydrogens is 214 g/mol. The summed E-state index contributed by atoms with van der Waals surface area (Å²) in [6, 6.07) is 9.64. The summed E-state index contributed by atoms with van der Waals surface area (Å²) in [5.41, 5.74) is 2.72. The highest BCUT2D eigenvalue weighted by Crippen LogP contribution is 2.22. The van der Waals surface area contributed by atoms with Crippen LogP contribution >= 0.6 is 11.6 Å². The van der Waals surface area contributed by atoms with Crippen molar-refractivity contribution in [2.75, 3.05) is 0 Å². The molecule has 0 fully saturated rings. The molecule has 0 aromatic heterocycles. The number of hydrogen-bond donors (Lipinski definition) is 1. The van der Waals surface area contributed by atoms with Crippen molar-refractivity contribution in [2.24, 2.45) is 0 Å². The first-order valence-electron chi connectivity index (χ1n) is 4.57. The monoisotopic (exact) mass is 223 g/mol. The number of halogens is 1. The predicted molar refractivity (Wildman–Crippen MR) is 57.1 cm³/mol. The van der Waals surface area contributed by atoms with Gasteiger partial charge in [-0.25, -0.2) is 0 Å². The molecule has 1 aliphatic heterocycles. The number of nitrogens with one attached hydrogen (secondary N) is 1. The summed E-state index contributed by atoms with van der Waals surface area (Å²) in [4.78, 5) is 16.2. The molecule has 1 aromatic rings. The SMILES string of the molecule is O=C(Cl)C1(Cc2ccccc2)C=CON1. The number of carbonyl (C=O) groups is 1. The molecule has 1 unspecified atom stereocenters. The average molecular weight is 224 g/mol. The van der Waals surface area contributed by atoms with Crippen LogP contribution in [0.4, 0.5) is 0 Å². The minimum atomic E-state index is -0.928. The van der Waals surface area contributed by atoms with Crippen molar-refractivity contribution < 1.29 is 9.63 Å². The van der Waals surface area contributed by atoms with Gasteiger partial charge in [0.1, 0.15) is 6.26 Å². The molecule has 0 spiro atoms. The third-order valence-electron chi connectivity index (χ3n) is 2.34. The van der Waals surface area contributed by atoms with E-state index in [4.69, 9.17) is 16.4 Å². The summed E-state index contributed by atoms with van der Waals surface area (Å²) >= 11 is 5.56. The van der Waals surface area contributed by atoms with Crippen LogP contribution in [-0.2, 0) is 16.1 Å². The Morgan fingerprint density at radius 3 is 2.67 bits per heavy atom. The van der Waals surface area contributed by atoms with Crippen LogP contribution < -0.4 is 5.48 Å². The van der Waals surface area contributed by atoms with E-state index in [2.05, 4.69) is 5.48 Å². The molecule has 1 N–H and O–H groups in total. The van der Waals surface area contributed by atoms with Crippen LogP contribution in [0.2, 0.25) is 0 Å². The molecule has 15 heavy (non-hydrogen) atoms. The van der Waals surface area contributed by atoms with Crippen LogP contribution in [0.25, 0.3) is 0 Å². The van der Waals surface area contributed by atoms with E-state index in [9.17, 15) is 4.79 Å². The molecule has 0 radical (unpaired) electrons. The third-order valence-corrected chi connectivity index (χ3v) is 2.68. The van der Waals surface area contributed by atoms with E-state index in [1.54, 1.807) is 6.08 Å². The maximum atomic E-state index is 11.3. The highest BCUT2D eigenvalue weighted by Gasteiger charge is 2.38. The van der Waals surface area contributed by atoms with Gasteiger partial charge in [0, 0.05) is 6.42 Å². The molecule has 0 saturated carbocycles. The zero-order valence-electron chi connectivity index (χ0n) is 7.94. The van der Waals surface area contributed by atoms with Crippen molar-refractivity contribution in [3.05, 3.63) is 48.2 Å². The second-order valence-electron chi connectivity index (χ2n) is 3.43. The van der Waals surface area contributed by atoms with E-state index in [0.29, 0.717) is 6.42 Å². The van der Waals surface area contributed by atoms with Crippen LogP contribution in [0.3, 0.4) is 0 Å². The minimum Gasteiger partial charge on any atom is -0.415 e. The minimum absolute atomic E-state index is 0.472. The van der Waals surface area contributed by atoms with Crippen molar-refractivity contribution in [3.8, 4) is 0 Å². The number of hydroxylamine groups is 1. The lowest BCUT2D eigenvalue weighted by Gasteiger charge is -2.21. The standard InChI is InChI=1S/C11H10ClNO2/c12-10(14)11(6-7-15-13-11)8-9-4-2-1-3-5-9/h1-7,13H,8H2. The van der Waals surface area contributed by atoms with Gasteiger partial charge in [-0.2, -0.15) is 0 Å². The van der Waals surface area contributed by atoms with E-state index >= 15 is 0 Å². The van der Waals surface area contributed by atoms with Crippen molar-refractivity contribution in [3.63, 3.8) is 0 Å². The molecule has 0 amide bonds. The Balaban J connectivity index is 2.22. The Bertz CT molecular complexity index is 391. The van der Waals surface area contributed by atoms with Gasteiger partial charge in [0.2, 0.25) is 5.24 Å². The lowest BCUT2D eigenvalue weighted by molar-refractivity contribution is -0.118. The summed E-state index contributed by atoms with van der Waals surface area (Å²) in [5, 5.41) is -0.472. The third kappa shape index (κ3) is 2.03. The first kappa shape index (κ1) is 10.2. The summed E-state index contributed by atoms with van der Waals surface area (Å²) in [7, 11) is 0. The van der Waals surface area contributed by atoms with Gasteiger partial charge in [-0.15, -0.1) is 5.48 Å². The molecule has 78 valence electrons. The maximum absolute atomic E-state index is 11.3. The quantitative estimate of drug-likeness (QED) is 0.794. The average Bonchev–Trinajstić information content (AvgIpc) is 2.69. The second kappa shape index (κ2) is 4.04. The normalized spacial score (nSPS) is 23.8. The van der Waals surface area contributed by atoms with E-state index in [0.717, 1.165) is 5.56 Å². The van der Waals surface area contributed by atoms with E-state index in [1.807, 2.05) is 30.3 Å². The molecule has 2 rings (SSSR count). The summed E-state index contributed by atoms with van der Waals surface area (Å²) in [6.07, 6.45) is 3.55. The van der Waals surface area contributed by atoms with Gasteiger partial charge in [-0.05, 0) is 23.2 Å². The maximum Gasteiger partial charge on any atom is 0.249 e. The lowest BCUT2D eigenvalue weighted by atomic mass is 9.93. The van der Waals surface area contributed by atoms with Crippen LogP contribution in [0.15, 0.2) is 42.7 Å². The van der Waals surface area contributed by atoms with Crippen LogP contribution in [0, 0.1) is 0 Å². The Labute approximate surface area is 92.6 Å². The van der Waals surface area contributed by atoms with Gasteiger partial charge in [-0.3, -0.25) is 4.79 Å². The van der Waals surface area contributed by atoms with E-state index in [1.165, 1.54) is 6.26 Å². The fraction of sp³-hybridized carbons (Fsp3) is 0.182. The van der Waals surface area contributed by atoms with Crippen molar-refractivity contribution in [2.45, 2.75) is 12.0 Å². The van der Waals surface area contributed by atoms with Gasteiger partial charge >= 0.3 is 0 Å². The molecule has 0 saturated heterocycles. The molecule has 1 aromatic carbocycles. The zero-order valence-corrected chi connectivity index (χ0v) is 8.70. The molecule has 1 aliphatic rings. The number of carbonyl (C=O) groups excluding carboxylic acids is 1. The smallest absolute Gasteiger partial charge is 0.249 e. The van der Waals surface area contributed by atoms with Gasteiger partial charge in [-0.1, -0.05) is 30.3 Å². The zero-order chi connectivity index (χ0) is 10.7. The predicted octanol–water partition coefficient (Wildman–Crippen LogP) is 1.78. The Morgan fingerprint density at radius 2 is 2.13 bits per heavy atom. The summed E-state index contributed by atoms with van der Waals surface area (Å²) in [5.74, 6) is 0. The molecule has 0 aliphatic carbocycles. The number of hydrogen-bond acceptors (Lipinski definition) is 3. The molecule has 0 bridgehead atoms. The largest absolute Gasteiger partial charge is 0.415 e. The molecule has 4 heteroatoms. The van der Waals surface area contributed by atoms with Crippen molar-refractivity contribution in [1.29, 1.82) is 0 Å². The fourth-order valence-corrected chi connectivity index (χ4v) is 1.68. The summed E-state index contributed by atoms with van der Waals surface area (Å²) < 4.78 is 0. The highest BCUT2D eigenvalue weighted by atomic mass is 35.5. The van der Waals surface area contributed by atoms with Gasteiger partial charge in [0.25, 0.3) is 0 Å². The first-order valence-corrected chi connectivity index (χ1v) is 4.95. The van der Waals surface area contributed by atoms with Crippen molar-refractivity contribution in [1.82, 2.24) is 5.48 Å². The summed E-state index contributed by atoms with van der Waals surface area (Å²) in [6.45, 7) is 0. The fourth-order valence-electron chi connectivity index (χ4n) is 1.51. The van der Waals surface area contributed by atoms with E-state index in [-0.39, 0.29) is 0 Å². The Morgan fingerprint density at radius 1 is 1.40 bits per heavy atom. The molecule has 3 nitrogen and oxygen atoms in total. The second-order valence-corrected chi connectivity index (χ2v) is 3.77. The Kier molecular flexibility index (Phi) is 2.75. The van der Waals surface area contributed by atoms with Gasteiger partial charge in [0.05, 0.1) is 0 Å². The Hall–Kier alpha value is -1.32. The van der Waals surface area contributed by atoms with Crippen LogP contribution in [0.5, 0.6) is 0 Å². The lowest BCUT2D eigenvalue weighted by Crippen LogP contribution is -2.46. The molecule has 1 atom stereocenters. The van der Waals surface area contributed by atoms with Crippen LogP contribution in [-0.4, -0.2) is 10.8 Å². The number of rotatable bonds is 3. The van der Waals surface area contributed by atoms with Crippen LogP contribution in [0.1, 0.15) is 5.56 Å².